The van der Waals surface area contributed by atoms with Gasteiger partial charge in [0.25, 0.3) is 0 Å². The van der Waals surface area contributed by atoms with Crippen LogP contribution in [0.15, 0.2) is 10.8 Å². The summed E-state index contributed by atoms with van der Waals surface area (Å²) >= 11 is 3.20. The van der Waals surface area contributed by atoms with Crippen molar-refractivity contribution >= 4 is 15.9 Å². The first kappa shape index (κ1) is 7.60. The van der Waals surface area contributed by atoms with Gasteiger partial charge in [0.2, 0.25) is 0 Å². The highest BCUT2D eigenvalue weighted by molar-refractivity contribution is 9.10. The molecule has 1 N–H and O–H groups in total. The quantitative estimate of drug-likeness (QED) is 0.798. The van der Waals surface area contributed by atoms with Crippen LogP contribution in [0.25, 0.3) is 0 Å². The van der Waals surface area contributed by atoms with Gasteiger partial charge in [0.1, 0.15) is 4.60 Å². The molecule has 10 heavy (non-hydrogen) atoms. The first-order valence-corrected chi connectivity index (χ1v) is 3.95. The predicted molar refractivity (Wildman–Crippen MR) is 41.9 cm³/mol. The molecular formula is C6H9BrN2O. The summed E-state index contributed by atoms with van der Waals surface area (Å²) in [5.74, 6) is 0.202. The number of aromatic hydroxyl groups is 1. The summed E-state index contributed by atoms with van der Waals surface area (Å²) in [4.78, 5) is 0. The van der Waals surface area contributed by atoms with Crippen LogP contribution in [-0.4, -0.2) is 14.9 Å². The van der Waals surface area contributed by atoms with Crippen molar-refractivity contribution in [2.24, 2.45) is 0 Å². The molecule has 1 aromatic heterocycles. The second-order valence-corrected chi connectivity index (χ2v) is 2.79. The lowest BCUT2D eigenvalue weighted by atomic mass is 10.5. The highest BCUT2D eigenvalue weighted by Gasteiger charge is 2.03. The zero-order valence-electron chi connectivity index (χ0n) is 5.71. The Kier molecular flexibility index (Phi) is 2.32. The highest BCUT2D eigenvalue weighted by atomic mass is 79.9. The summed E-state index contributed by atoms with van der Waals surface area (Å²) in [6.07, 6.45) is 2.44. The predicted octanol–water partition coefficient (Wildman–Crippen LogP) is 1.76. The van der Waals surface area contributed by atoms with E-state index in [0.717, 1.165) is 13.0 Å². The third-order valence-electron chi connectivity index (χ3n) is 1.19. The maximum atomic E-state index is 9.04. The molecular weight excluding hydrogens is 196 g/mol. The lowest BCUT2D eigenvalue weighted by molar-refractivity contribution is 0.468. The Bertz CT molecular complexity index is 222. The minimum Gasteiger partial charge on any atom is -0.504 e. The van der Waals surface area contributed by atoms with Gasteiger partial charge in [0, 0.05) is 6.54 Å². The van der Waals surface area contributed by atoms with Gasteiger partial charge in [-0.1, -0.05) is 6.92 Å². The Hall–Kier alpha value is -0.510. The van der Waals surface area contributed by atoms with E-state index in [0.29, 0.717) is 4.60 Å². The van der Waals surface area contributed by atoms with Crippen LogP contribution < -0.4 is 0 Å². The van der Waals surface area contributed by atoms with Gasteiger partial charge in [-0.2, -0.15) is 5.10 Å². The Morgan fingerprint density at radius 3 is 2.90 bits per heavy atom. The fraction of sp³-hybridized carbons (Fsp3) is 0.500. The van der Waals surface area contributed by atoms with E-state index in [2.05, 4.69) is 28.0 Å². The Labute approximate surface area is 67.8 Å². The molecule has 3 nitrogen and oxygen atoms in total. The molecule has 0 aliphatic heterocycles. The first-order valence-electron chi connectivity index (χ1n) is 3.16. The fourth-order valence-electron chi connectivity index (χ4n) is 0.728. The summed E-state index contributed by atoms with van der Waals surface area (Å²) in [5, 5.41) is 13.0. The number of aromatic nitrogens is 2. The zero-order valence-corrected chi connectivity index (χ0v) is 7.30. The topological polar surface area (TPSA) is 38.0 Å². The second kappa shape index (κ2) is 3.05. The molecule has 0 atom stereocenters. The average molecular weight is 205 g/mol. The number of aryl methyl sites for hydroxylation is 1. The van der Waals surface area contributed by atoms with E-state index in [9.17, 15) is 0 Å². The van der Waals surface area contributed by atoms with Crippen molar-refractivity contribution in [2.45, 2.75) is 19.9 Å². The molecule has 0 amide bonds. The zero-order chi connectivity index (χ0) is 7.56. The molecule has 0 saturated heterocycles. The van der Waals surface area contributed by atoms with Crippen LogP contribution in [0.2, 0.25) is 0 Å². The molecule has 0 fully saturated rings. The molecule has 0 bridgehead atoms. The van der Waals surface area contributed by atoms with Crippen molar-refractivity contribution in [1.82, 2.24) is 9.78 Å². The molecule has 0 radical (unpaired) electrons. The minimum atomic E-state index is 0.202. The number of nitrogens with zero attached hydrogens (tertiary/aromatic N) is 2. The molecule has 4 heteroatoms. The summed E-state index contributed by atoms with van der Waals surface area (Å²) in [6, 6.07) is 0. The number of rotatable bonds is 2. The number of hydrogen-bond donors (Lipinski definition) is 1. The van der Waals surface area contributed by atoms with Gasteiger partial charge < -0.3 is 5.11 Å². The van der Waals surface area contributed by atoms with Crippen molar-refractivity contribution in [1.29, 1.82) is 0 Å². The highest BCUT2D eigenvalue weighted by Crippen LogP contribution is 2.22. The van der Waals surface area contributed by atoms with E-state index in [1.165, 1.54) is 6.20 Å². The van der Waals surface area contributed by atoms with Crippen LogP contribution in [0, 0.1) is 0 Å². The van der Waals surface area contributed by atoms with E-state index in [-0.39, 0.29) is 5.75 Å². The maximum absolute atomic E-state index is 9.04. The van der Waals surface area contributed by atoms with E-state index < -0.39 is 0 Å². The van der Waals surface area contributed by atoms with Gasteiger partial charge in [-0.25, -0.2) is 0 Å². The summed E-state index contributed by atoms with van der Waals surface area (Å²) in [6.45, 7) is 2.90. The van der Waals surface area contributed by atoms with Crippen molar-refractivity contribution in [3.8, 4) is 5.75 Å². The van der Waals surface area contributed by atoms with Crippen molar-refractivity contribution in [3.05, 3.63) is 10.8 Å². The Morgan fingerprint density at radius 2 is 2.50 bits per heavy atom. The van der Waals surface area contributed by atoms with E-state index in [4.69, 9.17) is 5.11 Å². The fourth-order valence-corrected chi connectivity index (χ4v) is 1.10. The second-order valence-electron chi connectivity index (χ2n) is 2.04. The van der Waals surface area contributed by atoms with Crippen molar-refractivity contribution in [3.63, 3.8) is 0 Å². The normalized spacial score (nSPS) is 10.2. The molecule has 1 aromatic rings. The van der Waals surface area contributed by atoms with Crippen LogP contribution in [0.3, 0.4) is 0 Å². The van der Waals surface area contributed by atoms with E-state index in [1.807, 2.05) is 0 Å². The third kappa shape index (κ3) is 1.31. The van der Waals surface area contributed by atoms with E-state index in [1.54, 1.807) is 4.68 Å². The molecule has 0 aliphatic carbocycles. The molecule has 0 aliphatic rings. The molecule has 0 aromatic carbocycles. The van der Waals surface area contributed by atoms with Crippen LogP contribution in [0.5, 0.6) is 5.75 Å². The van der Waals surface area contributed by atoms with Crippen LogP contribution in [-0.2, 0) is 6.54 Å². The van der Waals surface area contributed by atoms with Gasteiger partial charge >= 0.3 is 0 Å². The van der Waals surface area contributed by atoms with Gasteiger partial charge in [-0.05, 0) is 22.4 Å². The van der Waals surface area contributed by atoms with Crippen molar-refractivity contribution in [2.75, 3.05) is 0 Å². The Morgan fingerprint density at radius 1 is 1.80 bits per heavy atom. The number of hydrogen-bond acceptors (Lipinski definition) is 2. The Balaban J connectivity index is 2.83. The molecule has 0 spiro atoms. The van der Waals surface area contributed by atoms with Gasteiger partial charge in [-0.3, -0.25) is 4.68 Å². The lowest BCUT2D eigenvalue weighted by Crippen LogP contribution is -1.97. The minimum absolute atomic E-state index is 0.202. The standard InChI is InChI=1S/C6H9BrN2O/c1-2-3-9-6(7)5(10)4-8-9/h4,10H,2-3H2,1H3. The van der Waals surface area contributed by atoms with Gasteiger partial charge in [-0.15, -0.1) is 0 Å². The smallest absolute Gasteiger partial charge is 0.168 e. The molecule has 56 valence electrons. The largest absolute Gasteiger partial charge is 0.504 e. The van der Waals surface area contributed by atoms with Gasteiger partial charge in [0.15, 0.2) is 5.75 Å². The number of halogens is 1. The monoisotopic (exact) mass is 204 g/mol. The summed E-state index contributed by atoms with van der Waals surface area (Å²) in [5.41, 5.74) is 0. The molecule has 0 unspecified atom stereocenters. The third-order valence-corrected chi connectivity index (χ3v) is 2.01. The average Bonchev–Trinajstić information content (AvgIpc) is 2.20. The molecule has 1 rings (SSSR count). The molecule has 0 saturated carbocycles. The van der Waals surface area contributed by atoms with Crippen molar-refractivity contribution < 1.29 is 5.11 Å². The van der Waals surface area contributed by atoms with E-state index >= 15 is 0 Å². The van der Waals surface area contributed by atoms with Crippen LogP contribution in [0.4, 0.5) is 0 Å². The summed E-state index contributed by atoms with van der Waals surface area (Å²) in [7, 11) is 0. The lowest BCUT2D eigenvalue weighted by Gasteiger charge is -1.97. The maximum Gasteiger partial charge on any atom is 0.168 e. The van der Waals surface area contributed by atoms with Crippen LogP contribution in [0.1, 0.15) is 13.3 Å². The van der Waals surface area contributed by atoms with Crippen LogP contribution >= 0.6 is 15.9 Å². The molecule has 1 heterocycles. The van der Waals surface area contributed by atoms with Gasteiger partial charge in [0.05, 0.1) is 6.20 Å². The first-order chi connectivity index (χ1) is 4.75. The SMILES string of the molecule is CCCn1ncc(O)c1Br. The summed E-state index contributed by atoms with van der Waals surface area (Å²) < 4.78 is 2.38.